The maximum atomic E-state index is 14.3. The number of nitrogens with two attached hydrogens (primary N) is 4. The molecule has 0 aromatic heterocycles. The van der Waals surface area contributed by atoms with E-state index in [1.165, 1.54) is 13.8 Å². The van der Waals surface area contributed by atoms with Crippen molar-refractivity contribution in [3.63, 3.8) is 0 Å². The molecule has 0 bridgehead atoms. The zero-order valence-electron chi connectivity index (χ0n) is 41.3. The Bertz CT molecular complexity index is 2040. The van der Waals surface area contributed by atoms with Crippen molar-refractivity contribution in [2.24, 2.45) is 28.9 Å². The molecule has 1 saturated heterocycles. The Labute approximate surface area is 417 Å². The fourth-order valence-corrected chi connectivity index (χ4v) is 7.38. The van der Waals surface area contributed by atoms with Gasteiger partial charge >= 0.3 is 0 Å². The van der Waals surface area contributed by atoms with E-state index in [-0.39, 0.29) is 57.7 Å². The van der Waals surface area contributed by atoms with Gasteiger partial charge < -0.3 is 86.3 Å². The van der Waals surface area contributed by atoms with Gasteiger partial charge in [-0.2, -0.15) is 0 Å². The van der Waals surface area contributed by atoms with Crippen molar-refractivity contribution in [2.45, 2.75) is 146 Å². The minimum Gasteiger partial charge on any atom is -0.391 e. The number of amides is 11. The van der Waals surface area contributed by atoms with Gasteiger partial charge in [-0.3, -0.25) is 52.7 Å². The maximum Gasteiger partial charge on any atom is 0.245 e. The van der Waals surface area contributed by atoms with Gasteiger partial charge in [-0.1, -0.05) is 44.2 Å². The highest BCUT2D eigenvalue weighted by molar-refractivity contribution is 5.99. The molecule has 1 aromatic carbocycles. The first-order chi connectivity index (χ1) is 33.9. The number of primary amides is 1. The molecule has 11 amide bonds. The topological polar surface area (TPSA) is 453 Å². The van der Waals surface area contributed by atoms with Gasteiger partial charge in [0.25, 0.3) is 0 Å². The summed E-state index contributed by atoms with van der Waals surface area (Å²) in [7, 11) is 0. The second kappa shape index (κ2) is 30.8. The second-order valence-corrected chi connectivity index (χ2v) is 17.9. The lowest BCUT2D eigenvalue weighted by Crippen LogP contribution is -2.61. The number of aliphatic hydroxyl groups is 2. The van der Waals surface area contributed by atoms with E-state index >= 15 is 0 Å². The Kier molecular flexibility index (Phi) is 26.2. The number of nitrogens with one attached hydrogen (secondary N) is 10. The van der Waals surface area contributed by atoms with E-state index in [0.29, 0.717) is 5.56 Å². The molecule has 72 heavy (non-hydrogen) atoms. The monoisotopic (exact) mass is 1020 g/mol. The van der Waals surface area contributed by atoms with E-state index in [1.807, 2.05) is 0 Å². The summed E-state index contributed by atoms with van der Waals surface area (Å²) in [5, 5.41) is 45.4. The van der Waals surface area contributed by atoms with E-state index in [9.17, 15) is 63.0 Å². The molecule has 1 fully saturated rings. The SMILES string of the molecule is CC(=O)N[C@H](C(=O)N[C@H](CC(N)=O)C(=O)N[C@H]1CCNC(=O)[C@H]([C@@H](C)O)NC(=O)[C@H](CCN)NC(=O)[C@H](CCN)NC(=O)[C@H](CC(C)C)NC(=O)[C@@H](Cc2ccccc2)NC(=O)[C@H](CCN)NC1=O)[C@@H](C)O. The maximum absolute atomic E-state index is 14.3. The van der Waals surface area contributed by atoms with Gasteiger partial charge in [-0.25, -0.2) is 0 Å². The lowest BCUT2D eigenvalue weighted by Gasteiger charge is -2.28. The summed E-state index contributed by atoms with van der Waals surface area (Å²) in [4.78, 5) is 149. The summed E-state index contributed by atoms with van der Waals surface area (Å²) in [5.41, 5.74) is 23.5. The molecule has 1 aromatic rings. The quantitative estimate of drug-likeness (QED) is 0.0612. The Morgan fingerprint density at radius 2 is 1.11 bits per heavy atom. The first-order valence-corrected chi connectivity index (χ1v) is 23.7. The number of benzene rings is 1. The molecule has 1 heterocycles. The Morgan fingerprint density at radius 3 is 1.58 bits per heavy atom. The van der Waals surface area contributed by atoms with Crippen LogP contribution in [0.25, 0.3) is 0 Å². The lowest BCUT2D eigenvalue weighted by molar-refractivity contribution is -0.137. The Morgan fingerprint density at radius 1 is 0.639 bits per heavy atom. The van der Waals surface area contributed by atoms with Gasteiger partial charge in [-0.05, 0) is 77.1 Å². The molecule has 0 spiro atoms. The Hall–Kier alpha value is -6.81. The van der Waals surface area contributed by atoms with Crippen LogP contribution in [0.2, 0.25) is 0 Å². The number of hydrogen-bond acceptors (Lipinski definition) is 16. The third kappa shape index (κ3) is 20.9. The summed E-state index contributed by atoms with van der Waals surface area (Å²) in [6.45, 7) is 6.00. The highest BCUT2D eigenvalue weighted by atomic mass is 16.3. The molecule has 11 atom stereocenters. The van der Waals surface area contributed by atoms with Crippen LogP contribution in [0.4, 0.5) is 0 Å². The summed E-state index contributed by atoms with van der Waals surface area (Å²) < 4.78 is 0. The first-order valence-electron chi connectivity index (χ1n) is 23.7. The van der Waals surface area contributed by atoms with Crippen LogP contribution in [0.1, 0.15) is 78.7 Å². The van der Waals surface area contributed by atoms with Crippen molar-refractivity contribution >= 4 is 65.0 Å². The van der Waals surface area contributed by atoms with Crippen LogP contribution < -0.4 is 76.1 Å². The van der Waals surface area contributed by atoms with Gasteiger partial charge in [0.15, 0.2) is 0 Å². The predicted octanol–water partition coefficient (Wildman–Crippen LogP) is -7.14. The van der Waals surface area contributed by atoms with Crippen LogP contribution in [0.15, 0.2) is 30.3 Å². The summed E-state index contributed by atoms with van der Waals surface area (Å²) in [6.07, 6.45) is -5.06. The lowest BCUT2D eigenvalue weighted by atomic mass is 10.00. The van der Waals surface area contributed by atoms with E-state index in [0.717, 1.165) is 6.92 Å². The minimum absolute atomic E-state index is 0.0426. The van der Waals surface area contributed by atoms with Crippen molar-refractivity contribution < 1.29 is 63.0 Å². The fraction of sp³-hybridized carbons (Fsp3) is 0.622. The molecule has 0 radical (unpaired) electrons. The smallest absolute Gasteiger partial charge is 0.245 e. The zero-order chi connectivity index (χ0) is 54.2. The molecular formula is C45H74N14O13. The van der Waals surface area contributed by atoms with Crippen LogP contribution in [0.5, 0.6) is 0 Å². The largest absolute Gasteiger partial charge is 0.391 e. The Balaban J connectivity index is 2.78. The van der Waals surface area contributed by atoms with Crippen molar-refractivity contribution in [3.05, 3.63) is 35.9 Å². The number of rotatable bonds is 19. The molecule has 20 N–H and O–H groups in total. The fourth-order valence-electron chi connectivity index (χ4n) is 7.38. The van der Waals surface area contributed by atoms with Crippen LogP contribution in [-0.2, 0) is 59.2 Å². The summed E-state index contributed by atoms with van der Waals surface area (Å²) in [6, 6.07) is -5.36. The summed E-state index contributed by atoms with van der Waals surface area (Å²) in [5.74, 6) is -10.9. The van der Waals surface area contributed by atoms with E-state index < -0.39 is 151 Å². The van der Waals surface area contributed by atoms with Crippen molar-refractivity contribution in [3.8, 4) is 0 Å². The van der Waals surface area contributed by atoms with Crippen LogP contribution in [0.3, 0.4) is 0 Å². The minimum atomic E-state index is -1.82. The molecule has 2 rings (SSSR count). The standard InChI is InChI=1S/C45H74N14O13/c1-22(2)19-31-41(68)54-27(11-15-46)37(64)53-29(13-17-48)40(67)59-35(23(3)60)44(71)50-18-14-30(55-43(70)33(21-34(49)63)58-45(72)36(24(4)61)51-25(5)62)39(66)52-28(12-16-47)38(65)57-32(42(69)56-31)20-26-9-7-6-8-10-26/h6-10,22-24,27-33,35-36,60-61H,11-21,46-48H2,1-5H3,(H2,49,63)(H,50,71)(H,51,62)(H,52,66)(H,53,64)(H,54,68)(H,55,70)(H,56,69)(H,57,65)(H,58,72)(H,59,67)/t23-,24-,27+,28+,29+,30+,31+,32-,33-,35+,36+/m1/s1. The van der Waals surface area contributed by atoms with Crippen LogP contribution >= 0.6 is 0 Å². The van der Waals surface area contributed by atoms with Crippen molar-refractivity contribution in [1.29, 1.82) is 0 Å². The number of carbonyl (C=O) groups excluding carboxylic acids is 11. The third-order valence-corrected chi connectivity index (χ3v) is 11.1. The third-order valence-electron chi connectivity index (χ3n) is 11.1. The first kappa shape index (κ1) is 61.3. The van der Waals surface area contributed by atoms with Gasteiger partial charge in [0, 0.05) is 19.9 Å². The van der Waals surface area contributed by atoms with Crippen LogP contribution in [-0.4, -0.2) is 168 Å². The van der Waals surface area contributed by atoms with E-state index in [1.54, 1.807) is 44.2 Å². The van der Waals surface area contributed by atoms with Gasteiger partial charge in [0.1, 0.15) is 54.4 Å². The molecule has 27 heteroatoms. The molecular weight excluding hydrogens is 945 g/mol. The molecule has 0 saturated carbocycles. The molecule has 1 aliphatic rings. The number of carbonyl (C=O) groups is 11. The molecule has 0 unspecified atom stereocenters. The number of hydrogen-bond donors (Lipinski definition) is 16. The second-order valence-electron chi connectivity index (χ2n) is 17.9. The molecule has 1 aliphatic heterocycles. The van der Waals surface area contributed by atoms with E-state index in [2.05, 4.69) is 53.2 Å². The van der Waals surface area contributed by atoms with Crippen molar-refractivity contribution in [1.82, 2.24) is 53.2 Å². The van der Waals surface area contributed by atoms with Gasteiger partial charge in [-0.15, -0.1) is 0 Å². The highest BCUT2D eigenvalue weighted by Crippen LogP contribution is 2.11. The zero-order valence-corrected chi connectivity index (χ0v) is 41.3. The molecule has 27 nitrogen and oxygen atoms in total. The van der Waals surface area contributed by atoms with E-state index in [4.69, 9.17) is 22.9 Å². The highest BCUT2D eigenvalue weighted by Gasteiger charge is 2.37. The normalized spacial score (nSPS) is 24.0. The molecule has 402 valence electrons. The van der Waals surface area contributed by atoms with Gasteiger partial charge in [0.05, 0.1) is 18.6 Å². The summed E-state index contributed by atoms with van der Waals surface area (Å²) >= 11 is 0. The molecule has 0 aliphatic carbocycles. The number of aliphatic hydroxyl groups excluding tert-OH is 2. The average Bonchev–Trinajstić information content (AvgIpc) is 3.30. The average molecular weight is 1020 g/mol. The predicted molar refractivity (Wildman–Crippen MR) is 258 cm³/mol. The van der Waals surface area contributed by atoms with Gasteiger partial charge in [0.2, 0.25) is 65.0 Å². The van der Waals surface area contributed by atoms with Crippen LogP contribution in [0, 0.1) is 5.92 Å². The van der Waals surface area contributed by atoms with Crippen molar-refractivity contribution in [2.75, 3.05) is 26.2 Å².